The quantitative estimate of drug-likeness (QED) is 0.723. The van der Waals surface area contributed by atoms with Gasteiger partial charge in [0.1, 0.15) is 5.76 Å². The number of nitrogens with zero attached hydrogens (tertiary/aromatic N) is 1. The summed E-state index contributed by atoms with van der Waals surface area (Å²) >= 11 is 0. The molecule has 0 radical (unpaired) electrons. The van der Waals surface area contributed by atoms with Crippen LogP contribution in [0.2, 0.25) is 0 Å². The maximum Gasteiger partial charge on any atom is 0.425 e. The monoisotopic (exact) mass is 434 g/mol. The summed E-state index contributed by atoms with van der Waals surface area (Å²) in [4.78, 5) is 38.7. The highest BCUT2D eigenvalue weighted by atomic mass is 19.4. The molecular formula is C22H21F3N2O4. The van der Waals surface area contributed by atoms with Crippen molar-refractivity contribution in [2.45, 2.75) is 44.9 Å². The predicted molar refractivity (Wildman–Crippen MR) is 104 cm³/mol. The lowest BCUT2D eigenvalue weighted by atomic mass is 9.86. The van der Waals surface area contributed by atoms with Crippen LogP contribution in [0.4, 0.5) is 13.2 Å². The Bertz CT molecular complexity index is 1010. The molecular weight excluding hydrogens is 413 g/mol. The van der Waals surface area contributed by atoms with Crippen LogP contribution in [0.1, 0.15) is 31.6 Å². The zero-order valence-corrected chi connectivity index (χ0v) is 17.0. The molecule has 2 heterocycles. The zero-order chi connectivity index (χ0) is 22.8. The standard InChI is InChI=1S/C22H21F3N2O4/c1-14-19(15(2)28)21(22(23,24)25,20(30)27(14)13-17-9-6-12-31-17)26-18(29)11-10-16-7-4-3-5-8-16/h3-9,12H,10-11,13H2,1-2H3,(H,26,29)/t21-/m1/s1. The zero-order valence-electron chi connectivity index (χ0n) is 17.0. The number of furan rings is 1. The van der Waals surface area contributed by atoms with Gasteiger partial charge in [0.25, 0.3) is 5.91 Å². The lowest BCUT2D eigenvalue weighted by molar-refractivity contribution is -0.194. The van der Waals surface area contributed by atoms with Gasteiger partial charge in [-0.1, -0.05) is 30.3 Å². The summed E-state index contributed by atoms with van der Waals surface area (Å²) in [6.07, 6.45) is -4.00. The molecule has 31 heavy (non-hydrogen) atoms. The van der Waals surface area contributed by atoms with Crippen LogP contribution >= 0.6 is 0 Å². The van der Waals surface area contributed by atoms with Crippen LogP contribution in [0, 0.1) is 0 Å². The number of benzene rings is 1. The third-order valence-electron chi connectivity index (χ3n) is 5.19. The van der Waals surface area contributed by atoms with Crippen molar-refractivity contribution in [3.63, 3.8) is 0 Å². The summed E-state index contributed by atoms with van der Waals surface area (Å²) in [6, 6.07) is 11.8. The molecule has 2 amide bonds. The van der Waals surface area contributed by atoms with Crippen molar-refractivity contribution in [1.82, 2.24) is 10.2 Å². The van der Waals surface area contributed by atoms with Crippen LogP contribution in [0.25, 0.3) is 0 Å². The molecule has 0 saturated carbocycles. The number of aryl methyl sites for hydroxylation is 1. The number of allylic oxidation sites excluding steroid dienone is 1. The Morgan fingerprint density at radius 2 is 1.81 bits per heavy atom. The van der Waals surface area contributed by atoms with Crippen molar-refractivity contribution in [3.8, 4) is 0 Å². The first-order valence-corrected chi connectivity index (χ1v) is 9.56. The molecule has 0 spiro atoms. The third kappa shape index (κ3) is 4.12. The third-order valence-corrected chi connectivity index (χ3v) is 5.19. The number of amides is 2. The van der Waals surface area contributed by atoms with Gasteiger partial charge < -0.3 is 14.6 Å². The highest BCUT2D eigenvalue weighted by molar-refractivity contribution is 6.11. The normalized spacial score (nSPS) is 19.1. The molecule has 2 aromatic rings. The van der Waals surface area contributed by atoms with Gasteiger partial charge in [-0.3, -0.25) is 14.4 Å². The highest BCUT2D eigenvalue weighted by Gasteiger charge is 2.69. The molecule has 0 unspecified atom stereocenters. The van der Waals surface area contributed by atoms with E-state index in [0.717, 1.165) is 17.4 Å². The van der Waals surface area contributed by atoms with Gasteiger partial charge in [-0.15, -0.1) is 0 Å². The summed E-state index contributed by atoms with van der Waals surface area (Å²) in [6.45, 7) is 1.90. The van der Waals surface area contributed by atoms with Gasteiger partial charge in [-0.05, 0) is 38.0 Å². The summed E-state index contributed by atoms with van der Waals surface area (Å²) in [5.41, 5.74) is -3.64. The molecule has 1 aromatic heterocycles. The Hall–Kier alpha value is -3.36. The first-order chi connectivity index (χ1) is 14.6. The molecule has 0 saturated heterocycles. The number of hydrogen-bond donors (Lipinski definition) is 1. The molecule has 1 N–H and O–H groups in total. The van der Waals surface area contributed by atoms with Gasteiger partial charge >= 0.3 is 6.18 Å². The van der Waals surface area contributed by atoms with E-state index in [-0.39, 0.29) is 30.8 Å². The van der Waals surface area contributed by atoms with Gasteiger partial charge in [0, 0.05) is 12.1 Å². The van der Waals surface area contributed by atoms with Crippen molar-refractivity contribution in [2.24, 2.45) is 0 Å². The second kappa shape index (κ2) is 8.41. The van der Waals surface area contributed by atoms with Crippen molar-refractivity contribution in [1.29, 1.82) is 0 Å². The minimum Gasteiger partial charge on any atom is -0.467 e. The molecule has 1 atom stereocenters. The molecule has 0 bridgehead atoms. The molecule has 1 aliphatic rings. The average molecular weight is 434 g/mol. The molecule has 6 nitrogen and oxygen atoms in total. The number of alkyl halides is 3. The Morgan fingerprint density at radius 1 is 1.13 bits per heavy atom. The average Bonchev–Trinajstić information content (AvgIpc) is 3.28. The number of hydrogen-bond acceptors (Lipinski definition) is 4. The predicted octanol–water partition coefficient (Wildman–Crippen LogP) is 3.53. The molecule has 1 aliphatic heterocycles. The summed E-state index contributed by atoms with van der Waals surface area (Å²) in [7, 11) is 0. The Balaban J connectivity index is 1.95. The van der Waals surface area contributed by atoms with E-state index in [1.165, 1.54) is 25.3 Å². The number of carbonyl (C=O) groups excluding carboxylic acids is 3. The molecule has 1 aromatic carbocycles. The van der Waals surface area contributed by atoms with E-state index in [1.807, 2.05) is 5.32 Å². The van der Waals surface area contributed by atoms with Crippen LogP contribution < -0.4 is 5.32 Å². The maximum absolute atomic E-state index is 14.4. The van der Waals surface area contributed by atoms with Crippen LogP contribution in [-0.4, -0.2) is 34.2 Å². The largest absolute Gasteiger partial charge is 0.467 e. The summed E-state index contributed by atoms with van der Waals surface area (Å²) < 4.78 is 48.2. The van der Waals surface area contributed by atoms with Crippen molar-refractivity contribution < 1.29 is 32.0 Å². The van der Waals surface area contributed by atoms with Crippen molar-refractivity contribution in [3.05, 3.63) is 71.3 Å². The number of halogens is 3. The lowest BCUT2D eigenvalue weighted by Gasteiger charge is -2.33. The minimum absolute atomic E-state index is 0.172. The van der Waals surface area contributed by atoms with E-state index < -0.39 is 34.9 Å². The maximum atomic E-state index is 14.4. The summed E-state index contributed by atoms with van der Waals surface area (Å²) in [5, 5.41) is 1.86. The number of nitrogens with one attached hydrogen (secondary N) is 1. The topological polar surface area (TPSA) is 79.6 Å². The van der Waals surface area contributed by atoms with Crippen LogP contribution in [0.5, 0.6) is 0 Å². The fourth-order valence-electron chi connectivity index (χ4n) is 3.76. The molecule has 0 fully saturated rings. The van der Waals surface area contributed by atoms with E-state index >= 15 is 0 Å². The fourth-order valence-corrected chi connectivity index (χ4v) is 3.76. The Kier molecular flexibility index (Phi) is 6.06. The van der Waals surface area contributed by atoms with Crippen LogP contribution in [-0.2, 0) is 27.3 Å². The molecule has 3 rings (SSSR count). The van der Waals surface area contributed by atoms with Gasteiger partial charge in [-0.25, -0.2) is 0 Å². The van der Waals surface area contributed by atoms with E-state index in [0.29, 0.717) is 0 Å². The van der Waals surface area contributed by atoms with Crippen molar-refractivity contribution >= 4 is 17.6 Å². The molecule has 9 heteroatoms. The SMILES string of the molecule is CC(=O)C1=C(C)N(Cc2ccco2)C(=O)[C@@]1(NC(=O)CCc1ccccc1)C(F)(F)F. The van der Waals surface area contributed by atoms with Crippen LogP contribution in [0.3, 0.4) is 0 Å². The first kappa shape index (κ1) is 22.3. The van der Waals surface area contributed by atoms with E-state index in [9.17, 15) is 27.6 Å². The number of ketones is 1. The van der Waals surface area contributed by atoms with E-state index in [2.05, 4.69) is 0 Å². The van der Waals surface area contributed by atoms with Gasteiger partial charge in [-0.2, -0.15) is 13.2 Å². The molecule has 0 aliphatic carbocycles. The minimum atomic E-state index is -5.23. The second-order valence-corrected chi connectivity index (χ2v) is 7.27. The number of Topliss-reactive ketones (excluding diaryl/α,β-unsaturated/α-hetero) is 1. The lowest BCUT2D eigenvalue weighted by Crippen LogP contribution is -2.66. The number of rotatable bonds is 7. The Morgan fingerprint density at radius 3 is 2.35 bits per heavy atom. The second-order valence-electron chi connectivity index (χ2n) is 7.27. The summed E-state index contributed by atoms with van der Waals surface area (Å²) in [5.74, 6) is -3.13. The smallest absolute Gasteiger partial charge is 0.425 e. The number of carbonyl (C=O) groups is 3. The van der Waals surface area contributed by atoms with Gasteiger partial charge in [0.15, 0.2) is 5.78 Å². The highest BCUT2D eigenvalue weighted by Crippen LogP contribution is 2.45. The fraction of sp³-hybridized carbons (Fsp3) is 0.318. The van der Waals surface area contributed by atoms with E-state index in [1.54, 1.807) is 30.3 Å². The Labute approximate surface area is 176 Å². The van der Waals surface area contributed by atoms with Crippen LogP contribution in [0.15, 0.2) is 64.4 Å². The first-order valence-electron chi connectivity index (χ1n) is 9.56. The molecule has 164 valence electrons. The van der Waals surface area contributed by atoms with Crippen molar-refractivity contribution in [2.75, 3.05) is 0 Å². The van der Waals surface area contributed by atoms with Gasteiger partial charge in [0.05, 0.1) is 18.4 Å². The van der Waals surface area contributed by atoms with E-state index in [4.69, 9.17) is 4.42 Å². The van der Waals surface area contributed by atoms with Gasteiger partial charge in [0.2, 0.25) is 11.4 Å².